The monoisotopic (exact) mass is 951 g/mol. The van der Waals surface area contributed by atoms with Gasteiger partial charge in [0.1, 0.15) is 13.2 Å². The van der Waals surface area contributed by atoms with Crippen LogP contribution in [0.2, 0.25) is 0 Å². The van der Waals surface area contributed by atoms with Crippen molar-refractivity contribution in [2.75, 3.05) is 13.2 Å². The maximum Gasteiger partial charge on any atom is 0.306 e. The smallest absolute Gasteiger partial charge is 0.306 e. The Hall–Kier alpha value is -2.89. The zero-order valence-electron chi connectivity index (χ0n) is 45.1. The Labute approximate surface area is 421 Å². The quantitative estimate of drug-likeness (QED) is 0.0262. The van der Waals surface area contributed by atoms with Crippen molar-refractivity contribution in [1.82, 2.24) is 0 Å². The summed E-state index contributed by atoms with van der Waals surface area (Å²) in [5, 5.41) is 0. The lowest BCUT2D eigenvalue weighted by Gasteiger charge is -2.18. The molecule has 0 saturated heterocycles. The molecule has 0 heterocycles. The van der Waals surface area contributed by atoms with Gasteiger partial charge in [0.2, 0.25) is 0 Å². The summed E-state index contributed by atoms with van der Waals surface area (Å²) in [4.78, 5) is 38.1. The number of hydrogen-bond acceptors (Lipinski definition) is 6. The minimum atomic E-state index is -0.793. The van der Waals surface area contributed by atoms with Gasteiger partial charge in [0, 0.05) is 19.3 Å². The van der Waals surface area contributed by atoms with E-state index in [2.05, 4.69) is 81.5 Å². The Kier molecular flexibility index (Phi) is 54.3. The molecule has 0 aliphatic carbocycles. The first kappa shape index (κ1) is 65.1. The number of ether oxygens (including phenoxy) is 3. The number of carbonyl (C=O) groups is 3. The van der Waals surface area contributed by atoms with Crippen LogP contribution in [-0.2, 0) is 28.6 Å². The maximum atomic E-state index is 12.8. The van der Waals surface area contributed by atoms with Crippen LogP contribution in [0.5, 0.6) is 0 Å². The highest BCUT2D eigenvalue weighted by Gasteiger charge is 2.19. The van der Waals surface area contributed by atoms with E-state index in [9.17, 15) is 14.4 Å². The van der Waals surface area contributed by atoms with Gasteiger partial charge in [0.25, 0.3) is 0 Å². The molecule has 0 rings (SSSR count). The second-order valence-corrected chi connectivity index (χ2v) is 19.5. The number of unbranched alkanes of at least 4 members (excludes halogenated alkanes) is 32. The van der Waals surface area contributed by atoms with Gasteiger partial charge < -0.3 is 14.2 Å². The molecule has 0 aromatic carbocycles. The lowest BCUT2D eigenvalue weighted by atomic mass is 10.0. The molecule has 0 aromatic rings. The van der Waals surface area contributed by atoms with Gasteiger partial charge in [0.05, 0.1) is 0 Å². The van der Waals surface area contributed by atoms with Crippen molar-refractivity contribution in [3.63, 3.8) is 0 Å². The molecule has 394 valence electrons. The van der Waals surface area contributed by atoms with Gasteiger partial charge in [-0.1, -0.05) is 281 Å². The molecule has 0 unspecified atom stereocenters. The molecule has 0 radical (unpaired) electrons. The SMILES string of the molecule is CC/C=C\C/C=C\C/C=C\C/C=C\C/C=C\CCCC(=O)OC[C@H](COC(=O)CCCCCCCCCCCCCCCCCCCCCCC)OC(=O)CCCCCCCCCCCCCC. The van der Waals surface area contributed by atoms with Crippen LogP contribution in [0.25, 0.3) is 0 Å². The van der Waals surface area contributed by atoms with Crippen LogP contribution in [0.15, 0.2) is 60.8 Å². The fraction of sp³-hybridized carbons (Fsp3) is 0.790. The molecular formula is C62H110O6. The van der Waals surface area contributed by atoms with E-state index in [0.29, 0.717) is 19.3 Å². The summed E-state index contributed by atoms with van der Waals surface area (Å²) in [7, 11) is 0. The molecular weight excluding hydrogens is 841 g/mol. The Morgan fingerprint density at radius 3 is 0.897 bits per heavy atom. The van der Waals surface area contributed by atoms with Crippen molar-refractivity contribution in [3.8, 4) is 0 Å². The van der Waals surface area contributed by atoms with Gasteiger partial charge in [-0.25, -0.2) is 0 Å². The summed E-state index contributed by atoms with van der Waals surface area (Å²) in [6.45, 7) is 6.51. The highest BCUT2D eigenvalue weighted by atomic mass is 16.6. The molecule has 0 amide bonds. The fourth-order valence-corrected chi connectivity index (χ4v) is 8.42. The zero-order valence-corrected chi connectivity index (χ0v) is 45.1. The summed E-state index contributed by atoms with van der Waals surface area (Å²) in [6, 6.07) is 0. The lowest BCUT2D eigenvalue weighted by Crippen LogP contribution is -2.30. The standard InChI is InChI=1S/C62H110O6/c1-4-7-10-13-16-19-22-25-27-29-30-31-32-34-36-38-41-43-46-49-52-55-61(64)67-58-59(68-62(65)56-53-50-47-44-39-24-21-18-15-12-9-6-3)57-66-60(63)54-51-48-45-42-40-37-35-33-28-26-23-20-17-14-11-8-5-2/h8,11,17,20,26,28,35,37,42,45,59H,4-7,9-10,12-16,18-19,21-25,27,29-34,36,38-41,43-44,46-58H2,1-3H3/b11-8-,20-17-,28-26-,37-35-,45-42-/t59-/m1/s1. The Balaban J connectivity index is 4.34. The van der Waals surface area contributed by atoms with Crippen molar-refractivity contribution < 1.29 is 28.6 Å². The Morgan fingerprint density at radius 1 is 0.309 bits per heavy atom. The largest absolute Gasteiger partial charge is 0.462 e. The molecule has 0 fully saturated rings. The molecule has 1 atom stereocenters. The van der Waals surface area contributed by atoms with E-state index in [-0.39, 0.29) is 37.5 Å². The van der Waals surface area contributed by atoms with E-state index in [1.54, 1.807) is 0 Å². The summed E-state index contributed by atoms with van der Waals surface area (Å²) in [5.74, 6) is -0.935. The van der Waals surface area contributed by atoms with Crippen LogP contribution < -0.4 is 0 Å². The molecule has 6 nitrogen and oxygen atoms in total. The van der Waals surface area contributed by atoms with E-state index < -0.39 is 6.10 Å². The Bertz CT molecular complexity index is 1230. The molecule has 0 aliphatic heterocycles. The van der Waals surface area contributed by atoms with Crippen LogP contribution in [0.3, 0.4) is 0 Å². The second kappa shape index (κ2) is 56.7. The normalized spacial score (nSPS) is 12.5. The lowest BCUT2D eigenvalue weighted by molar-refractivity contribution is -0.167. The summed E-state index contributed by atoms with van der Waals surface area (Å²) in [6.07, 6.45) is 70.8. The highest BCUT2D eigenvalue weighted by Crippen LogP contribution is 2.17. The minimum absolute atomic E-state index is 0.0877. The molecule has 6 heteroatoms. The van der Waals surface area contributed by atoms with E-state index in [1.165, 1.54) is 173 Å². The third-order valence-corrected chi connectivity index (χ3v) is 12.8. The van der Waals surface area contributed by atoms with Crippen LogP contribution in [0.1, 0.15) is 297 Å². The first-order chi connectivity index (χ1) is 33.5. The predicted octanol–water partition coefficient (Wildman–Crippen LogP) is 19.6. The number of allylic oxidation sites excluding steroid dienone is 10. The molecule has 0 saturated carbocycles. The minimum Gasteiger partial charge on any atom is -0.462 e. The molecule has 0 aliphatic rings. The predicted molar refractivity (Wildman–Crippen MR) is 293 cm³/mol. The van der Waals surface area contributed by atoms with E-state index >= 15 is 0 Å². The molecule has 0 N–H and O–H groups in total. The molecule has 68 heavy (non-hydrogen) atoms. The average Bonchev–Trinajstić information content (AvgIpc) is 3.34. The number of rotatable bonds is 53. The van der Waals surface area contributed by atoms with Crippen LogP contribution in [-0.4, -0.2) is 37.2 Å². The van der Waals surface area contributed by atoms with Crippen molar-refractivity contribution >= 4 is 17.9 Å². The number of carbonyl (C=O) groups excluding carboxylic acids is 3. The van der Waals surface area contributed by atoms with Crippen LogP contribution in [0.4, 0.5) is 0 Å². The van der Waals surface area contributed by atoms with Crippen LogP contribution in [0, 0.1) is 0 Å². The van der Waals surface area contributed by atoms with Crippen molar-refractivity contribution in [1.29, 1.82) is 0 Å². The maximum absolute atomic E-state index is 12.8. The highest BCUT2D eigenvalue weighted by molar-refractivity contribution is 5.71. The van der Waals surface area contributed by atoms with Crippen molar-refractivity contribution in [3.05, 3.63) is 60.8 Å². The zero-order chi connectivity index (χ0) is 49.3. The van der Waals surface area contributed by atoms with E-state index in [0.717, 1.165) is 77.0 Å². The first-order valence-electron chi connectivity index (χ1n) is 29.3. The third-order valence-electron chi connectivity index (χ3n) is 12.8. The third kappa shape index (κ3) is 54.1. The van der Waals surface area contributed by atoms with Crippen LogP contribution >= 0.6 is 0 Å². The first-order valence-corrected chi connectivity index (χ1v) is 29.3. The fourth-order valence-electron chi connectivity index (χ4n) is 8.42. The number of esters is 3. The van der Waals surface area contributed by atoms with Gasteiger partial charge in [0.15, 0.2) is 6.10 Å². The van der Waals surface area contributed by atoms with Gasteiger partial charge in [-0.15, -0.1) is 0 Å². The number of hydrogen-bond donors (Lipinski definition) is 0. The molecule has 0 aromatic heterocycles. The topological polar surface area (TPSA) is 78.9 Å². The molecule has 0 spiro atoms. The summed E-state index contributed by atoms with van der Waals surface area (Å²) < 4.78 is 16.8. The van der Waals surface area contributed by atoms with Gasteiger partial charge in [-0.05, 0) is 57.8 Å². The Morgan fingerprint density at radius 2 is 0.574 bits per heavy atom. The molecule has 0 bridgehead atoms. The van der Waals surface area contributed by atoms with Crippen molar-refractivity contribution in [2.24, 2.45) is 0 Å². The summed E-state index contributed by atoms with van der Waals surface area (Å²) >= 11 is 0. The van der Waals surface area contributed by atoms with Gasteiger partial charge in [-0.2, -0.15) is 0 Å². The van der Waals surface area contributed by atoms with Gasteiger partial charge >= 0.3 is 17.9 Å². The average molecular weight is 952 g/mol. The summed E-state index contributed by atoms with van der Waals surface area (Å²) in [5.41, 5.74) is 0. The van der Waals surface area contributed by atoms with E-state index in [1.807, 2.05) is 0 Å². The second-order valence-electron chi connectivity index (χ2n) is 19.5. The van der Waals surface area contributed by atoms with E-state index in [4.69, 9.17) is 14.2 Å². The van der Waals surface area contributed by atoms with Crippen molar-refractivity contribution in [2.45, 2.75) is 303 Å². The van der Waals surface area contributed by atoms with Gasteiger partial charge in [-0.3, -0.25) is 14.4 Å².